The first kappa shape index (κ1) is 9.41. The number of ether oxygens (including phenoxy) is 1. The number of halogens is 1. The highest BCUT2D eigenvalue weighted by molar-refractivity contribution is 9.10. The highest BCUT2D eigenvalue weighted by Gasteiger charge is 2.06. The number of nitrogens with zero attached hydrogens (tertiary/aromatic N) is 1. The SMILES string of the molecule is COC(C)c1ncc(Br)c(=O)[nH]1. The van der Waals surface area contributed by atoms with Gasteiger partial charge in [-0.15, -0.1) is 0 Å². The second-order valence-corrected chi connectivity index (χ2v) is 3.18. The van der Waals surface area contributed by atoms with Crippen LogP contribution in [0.4, 0.5) is 0 Å². The fraction of sp³-hybridized carbons (Fsp3) is 0.429. The Morgan fingerprint density at radius 1 is 1.75 bits per heavy atom. The smallest absolute Gasteiger partial charge is 0.265 e. The molecule has 1 atom stereocenters. The molecule has 1 unspecified atom stereocenters. The number of methoxy groups -OCH3 is 1. The van der Waals surface area contributed by atoms with Crippen LogP contribution >= 0.6 is 15.9 Å². The van der Waals surface area contributed by atoms with E-state index in [-0.39, 0.29) is 11.7 Å². The number of H-pyrrole nitrogens is 1. The minimum Gasteiger partial charge on any atom is -0.374 e. The van der Waals surface area contributed by atoms with E-state index in [0.717, 1.165) is 0 Å². The van der Waals surface area contributed by atoms with E-state index in [1.165, 1.54) is 6.20 Å². The van der Waals surface area contributed by atoms with Gasteiger partial charge >= 0.3 is 0 Å². The number of hydrogen-bond donors (Lipinski definition) is 1. The van der Waals surface area contributed by atoms with Crippen molar-refractivity contribution in [3.8, 4) is 0 Å². The van der Waals surface area contributed by atoms with E-state index in [0.29, 0.717) is 10.3 Å². The summed E-state index contributed by atoms with van der Waals surface area (Å²) in [6.45, 7) is 1.81. The third kappa shape index (κ3) is 1.92. The van der Waals surface area contributed by atoms with E-state index in [1.54, 1.807) is 7.11 Å². The standard InChI is InChI=1S/C7H9BrN2O2/c1-4(12-2)6-9-3-5(8)7(11)10-6/h3-4H,1-2H3,(H,9,10,11). The molecule has 1 rings (SSSR count). The molecule has 0 aromatic carbocycles. The lowest BCUT2D eigenvalue weighted by atomic mass is 10.4. The first-order valence-corrected chi connectivity index (χ1v) is 4.22. The van der Waals surface area contributed by atoms with Crippen molar-refractivity contribution in [2.24, 2.45) is 0 Å². The van der Waals surface area contributed by atoms with Crippen molar-refractivity contribution in [3.05, 3.63) is 26.8 Å². The fourth-order valence-corrected chi connectivity index (χ4v) is 0.913. The molecule has 0 bridgehead atoms. The molecule has 0 saturated heterocycles. The van der Waals surface area contributed by atoms with Gasteiger partial charge in [0, 0.05) is 13.3 Å². The van der Waals surface area contributed by atoms with Crippen molar-refractivity contribution in [1.29, 1.82) is 0 Å². The van der Waals surface area contributed by atoms with E-state index in [4.69, 9.17) is 4.74 Å². The molecule has 0 aliphatic heterocycles. The minimum atomic E-state index is -0.191. The maximum Gasteiger partial charge on any atom is 0.265 e. The van der Waals surface area contributed by atoms with Crippen molar-refractivity contribution >= 4 is 15.9 Å². The van der Waals surface area contributed by atoms with Crippen LogP contribution in [0.5, 0.6) is 0 Å². The van der Waals surface area contributed by atoms with Crippen molar-refractivity contribution in [3.63, 3.8) is 0 Å². The largest absolute Gasteiger partial charge is 0.374 e. The van der Waals surface area contributed by atoms with Gasteiger partial charge in [0.2, 0.25) is 0 Å². The van der Waals surface area contributed by atoms with E-state index < -0.39 is 0 Å². The zero-order valence-corrected chi connectivity index (χ0v) is 8.38. The van der Waals surface area contributed by atoms with E-state index in [9.17, 15) is 4.79 Å². The Morgan fingerprint density at radius 2 is 2.42 bits per heavy atom. The number of hydrogen-bond acceptors (Lipinski definition) is 3. The van der Waals surface area contributed by atoms with Crippen LogP contribution in [0.3, 0.4) is 0 Å². The van der Waals surface area contributed by atoms with Crippen LogP contribution in [-0.2, 0) is 4.74 Å². The van der Waals surface area contributed by atoms with E-state index in [1.807, 2.05) is 6.92 Å². The van der Waals surface area contributed by atoms with Gasteiger partial charge in [0.05, 0.1) is 0 Å². The molecule has 0 saturated carbocycles. The van der Waals surface area contributed by atoms with Gasteiger partial charge in [-0.05, 0) is 22.9 Å². The number of aromatic amines is 1. The van der Waals surface area contributed by atoms with E-state index in [2.05, 4.69) is 25.9 Å². The van der Waals surface area contributed by atoms with Crippen molar-refractivity contribution in [2.75, 3.05) is 7.11 Å². The van der Waals surface area contributed by atoms with Crippen molar-refractivity contribution in [1.82, 2.24) is 9.97 Å². The Morgan fingerprint density at radius 3 is 2.92 bits per heavy atom. The molecule has 0 aliphatic carbocycles. The van der Waals surface area contributed by atoms with Gasteiger partial charge in [-0.25, -0.2) is 4.98 Å². The Kier molecular flexibility index (Phi) is 2.99. The first-order valence-electron chi connectivity index (χ1n) is 3.42. The molecule has 4 nitrogen and oxygen atoms in total. The molecule has 1 N–H and O–H groups in total. The summed E-state index contributed by atoms with van der Waals surface area (Å²) < 4.78 is 5.41. The van der Waals surface area contributed by atoms with Gasteiger partial charge in [-0.3, -0.25) is 4.79 Å². The molecule has 0 fully saturated rings. The average Bonchev–Trinajstić information content (AvgIpc) is 2.08. The molecular weight excluding hydrogens is 224 g/mol. The zero-order valence-electron chi connectivity index (χ0n) is 6.80. The van der Waals surface area contributed by atoms with Crippen LogP contribution in [0.15, 0.2) is 15.5 Å². The minimum absolute atomic E-state index is 0.189. The maximum absolute atomic E-state index is 11.1. The normalized spacial score (nSPS) is 12.9. The van der Waals surface area contributed by atoms with Gasteiger partial charge in [0.15, 0.2) is 0 Å². The Balaban J connectivity index is 3.05. The van der Waals surface area contributed by atoms with Crippen LogP contribution in [-0.4, -0.2) is 17.1 Å². The molecule has 1 heterocycles. The van der Waals surface area contributed by atoms with Crippen molar-refractivity contribution < 1.29 is 4.74 Å². The Hall–Kier alpha value is -0.680. The lowest BCUT2D eigenvalue weighted by Gasteiger charge is -2.06. The molecule has 0 spiro atoms. The topological polar surface area (TPSA) is 55.0 Å². The van der Waals surface area contributed by atoms with Gasteiger partial charge in [-0.2, -0.15) is 0 Å². The number of aromatic nitrogens is 2. The third-order valence-corrected chi connectivity index (χ3v) is 2.08. The van der Waals surface area contributed by atoms with Crippen LogP contribution in [0.1, 0.15) is 18.9 Å². The van der Waals surface area contributed by atoms with Crippen LogP contribution in [0, 0.1) is 0 Å². The zero-order chi connectivity index (χ0) is 9.14. The highest BCUT2D eigenvalue weighted by Crippen LogP contribution is 2.09. The van der Waals surface area contributed by atoms with Gasteiger partial charge in [0.25, 0.3) is 5.56 Å². The molecular formula is C7H9BrN2O2. The lowest BCUT2D eigenvalue weighted by molar-refractivity contribution is 0.112. The maximum atomic E-state index is 11.1. The Bertz CT molecular complexity index is 323. The van der Waals surface area contributed by atoms with Gasteiger partial charge in [0.1, 0.15) is 16.4 Å². The molecule has 1 aromatic rings. The Labute approximate surface area is 78.1 Å². The predicted octanol–water partition coefficient (Wildman–Crippen LogP) is 1.24. The molecule has 0 amide bonds. The molecule has 1 aromatic heterocycles. The second kappa shape index (κ2) is 3.82. The summed E-state index contributed by atoms with van der Waals surface area (Å²) in [5.74, 6) is 0.533. The van der Waals surface area contributed by atoms with Gasteiger partial charge in [-0.1, -0.05) is 0 Å². The fourth-order valence-electron chi connectivity index (χ4n) is 0.711. The van der Waals surface area contributed by atoms with Crippen molar-refractivity contribution in [2.45, 2.75) is 13.0 Å². The summed E-state index contributed by atoms with van der Waals surface area (Å²) in [5.41, 5.74) is -0.191. The number of rotatable bonds is 2. The third-order valence-electron chi connectivity index (χ3n) is 1.51. The summed E-state index contributed by atoms with van der Waals surface area (Å²) in [7, 11) is 1.56. The highest BCUT2D eigenvalue weighted by atomic mass is 79.9. The summed E-state index contributed by atoms with van der Waals surface area (Å²) in [6, 6.07) is 0. The van der Waals surface area contributed by atoms with Crippen LogP contribution < -0.4 is 5.56 Å². The molecule has 66 valence electrons. The summed E-state index contributed by atoms with van der Waals surface area (Å²) >= 11 is 3.05. The summed E-state index contributed by atoms with van der Waals surface area (Å²) in [6.07, 6.45) is 1.27. The second-order valence-electron chi connectivity index (χ2n) is 2.32. The van der Waals surface area contributed by atoms with Crippen LogP contribution in [0.25, 0.3) is 0 Å². The monoisotopic (exact) mass is 232 g/mol. The molecule has 12 heavy (non-hydrogen) atoms. The summed E-state index contributed by atoms with van der Waals surface area (Å²) in [4.78, 5) is 17.6. The van der Waals surface area contributed by atoms with E-state index >= 15 is 0 Å². The van der Waals surface area contributed by atoms with Crippen LogP contribution in [0.2, 0.25) is 0 Å². The lowest BCUT2D eigenvalue weighted by Crippen LogP contribution is -2.14. The number of nitrogens with one attached hydrogen (secondary N) is 1. The molecule has 0 aliphatic rings. The molecule has 0 radical (unpaired) electrons. The summed E-state index contributed by atoms with van der Waals surface area (Å²) in [5, 5.41) is 0. The average molecular weight is 233 g/mol. The first-order chi connectivity index (χ1) is 5.65. The predicted molar refractivity (Wildman–Crippen MR) is 48.0 cm³/mol. The molecule has 5 heteroatoms. The van der Waals surface area contributed by atoms with Gasteiger partial charge < -0.3 is 9.72 Å². The quantitative estimate of drug-likeness (QED) is 0.835.